The molecule has 1 aromatic carbocycles. The molecule has 104 valence electrons. The molecule has 4 heteroatoms. The van der Waals surface area contributed by atoms with E-state index in [0.29, 0.717) is 25.2 Å². The highest BCUT2D eigenvalue weighted by Gasteiger charge is 2.04. The highest BCUT2D eigenvalue weighted by atomic mass is 16.1. The molecule has 0 saturated heterocycles. The number of hydrogen-bond acceptors (Lipinski definition) is 2. The number of aromatic nitrogens is 1. The third-order valence-electron chi connectivity index (χ3n) is 3.18. The van der Waals surface area contributed by atoms with Gasteiger partial charge in [-0.1, -0.05) is 29.8 Å². The standard InChI is InChI=1S/C16H18N2O2/c1-13-4-6-14(7-5-13)11-17-16(20)8-10-18-9-2-3-15(18)12-19/h2-7,9,12H,8,10-11H2,1H3,(H,17,20). The lowest BCUT2D eigenvalue weighted by Crippen LogP contribution is -2.24. The molecule has 2 rings (SSSR count). The number of carbonyl (C=O) groups is 2. The second-order valence-corrected chi connectivity index (χ2v) is 4.76. The minimum absolute atomic E-state index is 0.0175. The monoisotopic (exact) mass is 270 g/mol. The van der Waals surface area contributed by atoms with Gasteiger partial charge in [0, 0.05) is 25.7 Å². The number of benzene rings is 1. The molecule has 0 aliphatic rings. The van der Waals surface area contributed by atoms with Gasteiger partial charge < -0.3 is 9.88 Å². The van der Waals surface area contributed by atoms with Crippen molar-refractivity contribution in [3.63, 3.8) is 0 Å². The Morgan fingerprint density at radius 2 is 2.00 bits per heavy atom. The smallest absolute Gasteiger partial charge is 0.222 e. The number of amides is 1. The molecule has 0 spiro atoms. The maximum absolute atomic E-state index is 11.8. The van der Waals surface area contributed by atoms with Crippen LogP contribution in [-0.2, 0) is 17.9 Å². The molecule has 0 fully saturated rings. The Labute approximate surface area is 118 Å². The van der Waals surface area contributed by atoms with Crippen molar-refractivity contribution in [1.29, 1.82) is 0 Å². The number of carbonyl (C=O) groups excluding carboxylic acids is 2. The molecule has 0 radical (unpaired) electrons. The van der Waals surface area contributed by atoms with Gasteiger partial charge in [0.2, 0.25) is 5.91 Å². The Hall–Kier alpha value is -2.36. The van der Waals surface area contributed by atoms with E-state index < -0.39 is 0 Å². The van der Waals surface area contributed by atoms with Crippen LogP contribution in [0.2, 0.25) is 0 Å². The van der Waals surface area contributed by atoms with Crippen LogP contribution in [0, 0.1) is 6.92 Å². The van der Waals surface area contributed by atoms with E-state index >= 15 is 0 Å². The zero-order valence-corrected chi connectivity index (χ0v) is 11.5. The van der Waals surface area contributed by atoms with Crippen LogP contribution < -0.4 is 5.32 Å². The van der Waals surface area contributed by atoms with Crippen LogP contribution in [0.1, 0.15) is 28.0 Å². The highest BCUT2D eigenvalue weighted by Crippen LogP contribution is 2.03. The summed E-state index contributed by atoms with van der Waals surface area (Å²) in [6.45, 7) is 3.08. The molecule has 0 aliphatic carbocycles. The van der Waals surface area contributed by atoms with Gasteiger partial charge in [0.05, 0.1) is 5.69 Å². The molecular formula is C16H18N2O2. The zero-order chi connectivity index (χ0) is 14.4. The highest BCUT2D eigenvalue weighted by molar-refractivity contribution is 5.76. The first kappa shape index (κ1) is 14.1. The van der Waals surface area contributed by atoms with Crippen LogP contribution >= 0.6 is 0 Å². The van der Waals surface area contributed by atoms with Gasteiger partial charge in [-0.25, -0.2) is 0 Å². The van der Waals surface area contributed by atoms with Crippen molar-refractivity contribution in [3.05, 3.63) is 59.4 Å². The summed E-state index contributed by atoms with van der Waals surface area (Å²) < 4.78 is 1.78. The lowest BCUT2D eigenvalue weighted by atomic mass is 10.1. The van der Waals surface area contributed by atoms with E-state index in [-0.39, 0.29) is 5.91 Å². The lowest BCUT2D eigenvalue weighted by Gasteiger charge is -2.07. The minimum Gasteiger partial charge on any atom is -0.352 e. The van der Waals surface area contributed by atoms with Crippen LogP contribution in [0.25, 0.3) is 0 Å². The predicted octanol–water partition coefficient (Wildman–Crippen LogP) is 2.32. The Kier molecular flexibility index (Phi) is 4.71. The topological polar surface area (TPSA) is 51.1 Å². The first-order valence-electron chi connectivity index (χ1n) is 6.61. The second-order valence-electron chi connectivity index (χ2n) is 4.76. The van der Waals surface area contributed by atoms with Gasteiger partial charge in [-0.05, 0) is 24.6 Å². The van der Waals surface area contributed by atoms with Crippen molar-refractivity contribution in [2.75, 3.05) is 0 Å². The van der Waals surface area contributed by atoms with E-state index in [1.807, 2.05) is 31.2 Å². The normalized spacial score (nSPS) is 10.2. The van der Waals surface area contributed by atoms with Crippen molar-refractivity contribution < 1.29 is 9.59 Å². The number of nitrogens with zero attached hydrogens (tertiary/aromatic N) is 1. The summed E-state index contributed by atoms with van der Waals surface area (Å²) in [5.74, 6) is -0.0175. The molecule has 4 nitrogen and oxygen atoms in total. The number of aldehydes is 1. The fourth-order valence-electron chi connectivity index (χ4n) is 1.95. The summed E-state index contributed by atoms with van der Waals surface area (Å²) in [7, 11) is 0. The Bertz CT molecular complexity index is 585. The van der Waals surface area contributed by atoms with Gasteiger partial charge >= 0.3 is 0 Å². The maximum atomic E-state index is 11.8. The van der Waals surface area contributed by atoms with Gasteiger partial charge in [-0.2, -0.15) is 0 Å². The van der Waals surface area contributed by atoms with Gasteiger partial charge in [0.15, 0.2) is 6.29 Å². The van der Waals surface area contributed by atoms with E-state index in [9.17, 15) is 9.59 Å². The third-order valence-corrected chi connectivity index (χ3v) is 3.18. The van der Waals surface area contributed by atoms with Gasteiger partial charge in [0.1, 0.15) is 0 Å². The maximum Gasteiger partial charge on any atom is 0.222 e. The Morgan fingerprint density at radius 3 is 2.70 bits per heavy atom. The Morgan fingerprint density at radius 1 is 1.25 bits per heavy atom. The van der Waals surface area contributed by atoms with Crippen molar-refractivity contribution in [3.8, 4) is 0 Å². The van der Waals surface area contributed by atoms with Gasteiger partial charge in [0.25, 0.3) is 0 Å². The van der Waals surface area contributed by atoms with Crippen LogP contribution in [0.3, 0.4) is 0 Å². The summed E-state index contributed by atoms with van der Waals surface area (Å²) in [6.07, 6.45) is 2.96. The van der Waals surface area contributed by atoms with Crippen LogP contribution in [0.15, 0.2) is 42.6 Å². The number of aryl methyl sites for hydroxylation is 2. The average Bonchev–Trinajstić information content (AvgIpc) is 2.92. The van der Waals surface area contributed by atoms with Crippen molar-refractivity contribution in [1.82, 2.24) is 9.88 Å². The van der Waals surface area contributed by atoms with Crippen LogP contribution in [0.5, 0.6) is 0 Å². The largest absolute Gasteiger partial charge is 0.352 e. The van der Waals surface area contributed by atoms with E-state index in [2.05, 4.69) is 5.32 Å². The van der Waals surface area contributed by atoms with E-state index in [1.165, 1.54) is 5.56 Å². The molecule has 1 heterocycles. The van der Waals surface area contributed by atoms with Crippen LogP contribution in [0.4, 0.5) is 0 Å². The van der Waals surface area contributed by atoms with Gasteiger partial charge in [-0.15, -0.1) is 0 Å². The summed E-state index contributed by atoms with van der Waals surface area (Å²) in [5, 5.41) is 2.88. The zero-order valence-electron chi connectivity index (χ0n) is 11.5. The van der Waals surface area contributed by atoms with E-state index in [4.69, 9.17) is 0 Å². The summed E-state index contributed by atoms with van der Waals surface area (Å²) in [6, 6.07) is 11.6. The molecule has 1 amide bonds. The van der Waals surface area contributed by atoms with Gasteiger partial charge in [-0.3, -0.25) is 9.59 Å². The average molecular weight is 270 g/mol. The number of nitrogens with one attached hydrogen (secondary N) is 1. The molecule has 0 aliphatic heterocycles. The molecule has 0 atom stereocenters. The van der Waals surface area contributed by atoms with Crippen molar-refractivity contribution in [2.24, 2.45) is 0 Å². The quantitative estimate of drug-likeness (QED) is 0.819. The summed E-state index contributed by atoms with van der Waals surface area (Å²) >= 11 is 0. The van der Waals surface area contributed by atoms with Crippen LogP contribution in [-0.4, -0.2) is 16.8 Å². The first-order valence-corrected chi connectivity index (χ1v) is 6.61. The first-order chi connectivity index (χ1) is 9.69. The molecule has 1 N–H and O–H groups in total. The SMILES string of the molecule is Cc1ccc(CNC(=O)CCn2cccc2C=O)cc1. The Balaban J connectivity index is 1.78. The number of rotatable bonds is 6. The van der Waals surface area contributed by atoms with Crippen molar-refractivity contribution >= 4 is 12.2 Å². The molecule has 0 saturated carbocycles. The van der Waals surface area contributed by atoms with E-state index in [0.717, 1.165) is 11.8 Å². The van der Waals surface area contributed by atoms with E-state index in [1.54, 1.807) is 22.9 Å². The molecule has 1 aromatic heterocycles. The second kappa shape index (κ2) is 6.70. The summed E-state index contributed by atoms with van der Waals surface area (Å²) in [4.78, 5) is 22.5. The summed E-state index contributed by atoms with van der Waals surface area (Å²) in [5.41, 5.74) is 2.88. The lowest BCUT2D eigenvalue weighted by molar-refractivity contribution is -0.121. The molecule has 2 aromatic rings. The third kappa shape index (κ3) is 3.82. The van der Waals surface area contributed by atoms with Crippen molar-refractivity contribution in [2.45, 2.75) is 26.4 Å². The molecule has 20 heavy (non-hydrogen) atoms. The fraction of sp³-hybridized carbons (Fsp3) is 0.250. The predicted molar refractivity (Wildman–Crippen MR) is 77.5 cm³/mol. The number of hydrogen-bond donors (Lipinski definition) is 1. The molecular weight excluding hydrogens is 252 g/mol. The molecule has 0 unspecified atom stereocenters. The fourth-order valence-corrected chi connectivity index (χ4v) is 1.95. The molecule has 0 bridgehead atoms. The minimum atomic E-state index is -0.0175.